The van der Waals surface area contributed by atoms with Crippen LogP contribution in [0.1, 0.15) is 0 Å². The Labute approximate surface area is 92.3 Å². The van der Waals surface area contributed by atoms with Crippen LogP contribution in [-0.4, -0.2) is 14.8 Å². The average molecular weight is 210 g/mol. The van der Waals surface area contributed by atoms with E-state index in [1.54, 1.807) is 12.4 Å². The van der Waals surface area contributed by atoms with Gasteiger partial charge in [0.15, 0.2) is 0 Å². The van der Waals surface area contributed by atoms with Crippen molar-refractivity contribution in [2.75, 3.05) is 5.73 Å². The molecule has 2 N–H and O–H groups in total. The number of para-hydroxylation sites is 1. The van der Waals surface area contributed by atoms with Crippen molar-refractivity contribution in [3.05, 3.63) is 48.8 Å². The summed E-state index contributed by atoms with van der Waals surface area (Å²) in [5, 5.41) is 4.31. The fourth-order valence-corrected chi connectivity index (χ4v) is 1.70. The van der Waals surface area contributed by atoms with Crippen LogP contribution >= 0.6 is 0 Å². The number of anilines is 1. The summed E-state index contributed by atoms with van der Waals surface area (Å²) in [5.41, 5.74) is 9.14. The van der Waals surface area contributed by atoms with E-state index in [0.29, 0.717) is 5.69 Å². The summed E-state index contributed by atoms with van der Waals surface area (Å²) in [7, 11) is 0. The molecular formula is C12H10N4. The van der Waals surface area contributed by atoms with Crippen LogP contribution in [0.2, 0.25) is 0 Å². The number of nitrogens with two attached hydrogens (primary N) is 1. The molecule has 0 fully saturated rings. The third kappa shape index (κ3) is 1.32. The van der Waals surface area contributed by atoms with Gasteiger partial charge in [0.2, 0.25) is 0 Å². The van der Waals surface area contributed by atoms with Crippen molar-refractivity contribution in [2.45, 2.75) is 0 Å². The number of pyridine rings is 1. The normalized spacial score (nSPS) is 10.8. The van der Waals surface area contributed by atoms with Gasteiger partial charge in [-0.3, -0.25) is 4.98 Å². The molecule has 0 atom stereocenters. The number of benzene rings is 1. The summed E-state index contributed by atoms with van der Waals surface area (Å²) in [6.07, 6.45) is 3.38. The maximum atomic E-state index is 5.73. The Hall–Kier alpha value is -2.36. The van der Waals surface area contributed by atoms with Gasteiger partial charge in [-0.2, -0.15) is 5.10 Å². The summed E-state index contributed by atoms with van der Waals surface area (Å²) >= 11 is 0. The Bertz CT molecular complexity index is 628. The first-order valence-electron chi connectivity index (χ1n) is 4.99. The van der Waals surface area contributed by atoms with E-state index in [0.717, 1.165) is 16.7 Å². The molecule has 0 saturated carbocycles. The lowest BCUT2D eigenvalue weighted by atomic mass is 10.3. The number of fused-ring (bicyclic) bond motifs is 1. The minimum Gasteiger partial charge on any atom is -0.397 e. The van der Waals surface area contributed by atoms with Crippen LogP contribution in [-0.2, 0) is 0 Å². The van der Waals surface area contributed by atoms with Gasteiger partial charge >= 0.3 is 0 Å². The van der Waals surface area contributed by atoms with E-state index in [9.17, 15) is 0 Å². The number of hydrogen-bond donors (Lipinski definition) is 1. The summed E-state index contributed by atoms with van der Waals surface area (Å²) in [6, 6.07) is 11.8. The number of aromatic nitrogens is 3. The molecule has 3 rings (SSSR count). The molecule has 0 amide bonds. The van der Waals surface area contributed by atoms with Gasteiger partial charge in [0, 0.05) is 0 Å². The van der Waals surface area contributed by atoms with Gasteiger partial charge in [-0.05, 0) is 18.2 Å². The third-order valence-corrected chi connectivity index (χ3v) is 2.44. The molecule has 3 aromatic rings. The van der Waals surface area contributed by atoms with E-state index in [2.05, 4.69) is 10.1 Å². The first kappa shape index (κ1) is 8.91. The zero-order valence-corrected chi connectivity index (χ0v) is 8.54. The Morgan fingerprint density at radius 1 is 1.06 bits per heavy atom. The van der Waals surface area contributed by atoms with Crippen LogP contribution in [0.3, 0.4) is 0 Å². The van der Waals surface area contributed by atoms with Crippen LogP contribution < -0.4 is 5.73 Å². The Balaban J connectivity index is 2.29. The van der Waals surface area contributed by atoms with Gasteiger partial charge in [0.1, 0.15) is 5.52 Å². The van der Waals surface area contributed by atoms with Crippen LogP contribution in [0.25, 0.3) is 16.7 Å². The van der Waals surface area contributed by atoms with Crippen molar-refractivity contribution in [1.82, 2.24) is 14.8 Å². The zero-order chi connectivity index (χ0) is 11.0. The molecule has 78 valence electrons. The van der Waals surface area contributed by atoms with E-state index in [1.807, 2.05) is 41.1 Å². The molecule has 2 aromatic heterocycles. The fraction of sp³-hybridized carbons (Fsp3) is 0. The van der Waals surface area contributed by atoms with Crippen molar-refractivity contribution in [3.63, 3.8) is 0 Å². The predicted molar refractivity (Wildman–Crippen MR) is 63.3 cm³/mol. The maximum Gasteiger partial charge on any atom is 0.109 e. The second kappa shape index (κ2) is 3.34. The van der Waals surface area contributed by atoms with Crippen LogP contribution in [0.15, 0.2) is 48.8 Å². The number of nitrogen functional groups attached to an aromatic ring is 1. The molecule has 0 radical (unpaired) electrons. The second-order valence-electron chi connectivity index (χ2n) is 3.56. The SMILES string of the molecule is Nc1cnc2cnn(-c3ccccc3)c2c1. The number of nitrogens with zero attached hydrogens (tertiary/aromatic N) is 3. The topological polar surface area (TPSA) is 56.7 Å². The monoisotopic (exact) mass is 210 g/mol. The molecule has 4 heteroatoms. The van der Waals surface area contributed by atoms with E-state index in [-0.39, 0.29) is 0 Å². The molecular weight excluding hydrogens is 200 g/mol. The maximum absolute atomic E-state index is 5.73. The zero-order valence-electron chi connectivity index (χ0n) is 8.54. The van der Waals surface area contributed by atoms with Crippen LogP contribution in [0.5, 0.6) is 0 Å². The highest BCUT2D eigenvalue weighted by Gasteiger charge is 2.05. The summed E-state index contributed by atoms with van der Waals surface area (Å²) in [4.78, 5) is 4.22. The van der Waals surface area contributed by atoms with Crippen molar-refractivity contribution in [1.29, 1.82) is 0 Å². The van der Waals surface area contributed by atoms with Crippen molar-refractivity contribution in [2.24, 2.45) is 0 Å². The fourth-order valence-electron chi connectivity index (χ4n) is 1.70. The first-order valence-corrected chi connectivity index (χ1v) is 4.99. The minimum absolute atomic E-state index is 0.644. The molecule has 0 saturated heterocycles. The minimum atomic E-state index is 0.644. The standard InChI is InChI=1S/C12H10N4/c13-9-6-12-11(14-7-9)8-15-16(12)10-4-2-1-3-5-10/h1-8H,13H2. The molecule has 2 heterocycles. The quantitative estimate of drug-likeness (QED) is 0.668. The molecule has 1 aromatic carbocycles. The lowest BCUT2D eigenvalue weighted by Crippen LogP contribution is -1.96. The molecule has 0 spiro atoms. The van der Waals surface area contributed by atoms with Crippen molar-refractivity contribution >= 4 is 16.7 Å². The summed E-state index contributed by atoms with van der Waals surface area (Å²) in [6.45, 7) is 0. The van der Waals surface area contributed by atoms with Crippen LogP contribution in [0.4, 0.5) is 5.69 Å². The van der Waals surface area contributed by atoms with Gasteiger partial charge in [-0.25, -0.2) is 4.68 Å². The Kier molecular flexibility index (Phi) is 1.86. The van der Waals surface area contributed by atoms with E-state index in [4.69, 9.17) is 5.73 Å². The highest BCUT2D eigenvalue weighted by molar-refractivity contribution is 5.78. The molecule has 4 nitrogen and oxygen atoms in total. The highest BCUT2D eigenvalue weighted by Crippen LogP contribution is 2.18. The van der Waals surface area contributed by atoms with Gasteiger partial charge in [0.25, 0.3) is 0 Å². The largest absolute Gasteiger partial charge is 0.397 e. The van der Waals surface area contributed by atoms with E-state index < -0.39 is 0 Å². The lowest BCUT2D eigenvalue weighted by molar-refractivity contribution is 0.911. The highest BCUT2D eigenvalue weighted by atomic mass is 15.3. The number of rotatable bonds is 1. The Morgan fingerprint density at radius 3 is 2.69 bits per heavy atom. The van der Waals surface area contributed by atoms with Crippen molar-refractivity contribution < 1.29 is 0 Å². The molecule has 16 heavy (non-hydrogen) atoms. The lowest BCUT2D eigenvalue weighted by Gasteiger charge is -2.02. The predicted octanol–water partition coefficient (Wildman–Crippen LogP) is 2.00. The van der Waals surface area contributed by atoms with E-state index >= 15 is 0 Å². The van der Waals surface area contributed by atoms with Gasteiger partial charge in [0.05, 0.1) is 29.3 Å². The smallest absolute Gasteiger partial charge is 0.109 e. The Morgan fingerprint density at radius 2 is 1.88 bits per heavy atom. The summed E-state index contributed by atoms with van der Waals surface area (Å²) < 4.78 is 1.83. The first-order chi connectivity index (χ1) is 7.84. The molecule has 0 bridgehead atoms. The molecule has 0 unspecified atom stereocenters. The van der Waals surface area contributed by atoms with Gasteiger partial charge < -0.3 is 5.73 Å². The molecule has 0 aliphatic rings. The van der Waals surface area contributed by atoms with Crippen LogP contribution in [0, 0.1) is 0 Å². The summed E-state index contributed by atoms with van der Waals surface area (Å²) in [5.74, 6) is 0. The van der Waals surface area contributed by atoms with E-state index in [1.165, 1.54) is 0 Å². The molecule has 0 aliphatic carbocycles. The second-order valence-corrected chi connectivity index (χ2v) is 3.56. The third-order valence-electron chi connectivity index (χ3n) is 2.44. The number of hydrogen-bond acceptors (Lipinski definition) is 3. The van der Waals surface area contributed by atoms with Crippen molar-refractivity contribution in [3.8, 4) is 5.69 Å². The molecule has 0 aliphatic heterocycles. The van der Waals surface area contributed by atoms with Gasteiger partial charge in [-0.1, -0.05) is 18.2 Å². The average Bonchev–Trinajstić information content (AvgIpc) is 2.73. The van der Waals surface area contributed by atoms with Gasteiger partial charge in [-0.15, -0.1) is 0 Å².